The number of esters is 1. The molecule has 3 heterocycles. The molecule has 1 saturated heterocycles. The fourth-order valence-electron chi connectivity index (χ4n) is 2.48. The number of hydrogen-bond donors (Lipinski definition) is 0. The fraction of sp³-hybridized carbons (Fsp3) is 0.250. The Bertz CT molecular complexity index is 837. The van der Waals surface area contributed by atoms with Gasteiger partial charge in [0.25, 0.3) is 0 Å². The van der Waals surface area contributed by atoms with Crippen LogP contribution in [0.3, 0.4) is 0 Å². The number of anilines is 1. The van der Waals surface area contributed by atoms with Gasteiger partial charge in [0.1, 0.15) is 17.4 Å². The summed E-state index contributed by atoms with van der Waals surface area (Å²) in [6, 6.07) is 9.13. The number of furan rings is 1. The Kier molecular flexibility index (Phi) is 3.42. The summed E-state index contributed by atoms with van der Waals surface area (Å²) < 4.78 is 16.8. The van der Waals surface area contributed by atoms with E-state index in [1.807, 2.05) is 18.2 Å². The molecule has 23 heavy (non-hydrogen) atoms. The molecule has 0 unspecified atom stereocenters. The molecule has 0 atom stereocenters. The molecule has 6 nitrogen and oxygen atoms in total. The molecule has 0 amide bonds. The predicted molar refractivity (Wildman–Crippen MR) is 86.3 cm³/mol. The SMILES string of the molecule is COc1cccc2sc(N3CC(OC(=O)c4ccco4)C3)nc12. The molecule has 0 spiro atoms. The number of methoxy groups -OCH3 is 1. The Hall–Kier alpha value is -2.54. The third-order valence-electron chi connectivity index (χ3n) is 3.71. The number of carbonyl (C=O) groups is 1. The molecule has 0 bridgehead atoms. The number of ether oxygens (including phenoxy) is 2. The van der Waals surface area contributed by atoms with Crippen molar-refractivity contribution in [1.82, 2.24) is 4.98 Å². The van der Waals surface area contributed by atoms with E-state index in [2.05, 4.69) is 9.88 Å². The second-order valence-corrected chi connectivity index (χ2v) is 6.22. The minimum Gasteiger partial charge on any atom is -0.494 e. The highest BCUT2D eigenvalue weighted by Crippen LogP contribution is 2.35. The van der Waals surface area contributed by atoms with Crippen LogP contribution in [0.1, 0.15) is 10.6 Å². The largest absolute Gasteiger partial charge is 0.494 e. The molecule has 0 saturated carbocycles. The minimum atomic E-state index is -0.425. The number of fused-ring (bicyclic) bond motifs is 1. The van der Waals surface area contributed by atoms with Gasteiger partial charge in [-0.05, 0) is 24.3 Å². The first-order valence-corrected chi connectivity index (χ1v) is 7.99. The van der Waals surface area contributed by atoms with Crippen LogP contribution in [-0.4, -0.2) is 37.3 Å². The first-order valence-electron chi connectivity index (χ1n) is 7.17. The molecule has 1 aromatic carbocycles. The van der Waals surface area contributed by atoms with Gasteiger partial charge >= 0.3 is 5.97 Å². The van der Waals surface area contributed by atoms with E-state index in [-0.39, 0.29) is 11.9 Å². The molecule has 3 aromatic rings. The molecule has 4 rings (SSSR count). The molecule has 0 radical (unpaired) electrons. The van der Waals surface area contributed by atoms with E-state index in [0.29, 0.717) is 13.1 Å². The van der Waals surface area contributed by atoms with Crippen LogP contribution in [0.2, 0.25) is 0 Å². The van der Waals surface area contributed by atoms with Crippen molar-refractivity contribution in [2.45, 2.75) is 6.10 Å². The molecule has 2 aromatic heterocycles. The van der Waals surface area contributed by atoms with Gasteiger partial charge in [0.05, 0.1) is 31.2 Å². The van der Waals surface area contributed by atoms with Crippen LogP contribution in [0.5, 0.6) is 5.75 Å². The second-order valence-electron chi connectivity index (χ2n) is 5.21. The third kappa shape index (κ3) is 2.53. The molecule has 1 aliphatic rings. The van der Waals surface area contributed by atoms with E-state index in [0.717, 1.165) is 21.1 Å². The summed E-state index contributed by atoms with van der Waals surface area (Å²) in [7, 11) is 1.64. The summed E-state index contributed by atoms with van der Waals surface area (Å²) in [6.07, 6.45) is 1.32. The van der Waals surface area contributed by atoms with Crippen molar-refractivity contribution in [3.05, 3.63) is 42.4 Å². The van der Waals surface area contributed by atoms with E-state index in [1.54, 1.807) is 30.6 Å². The van der Waals surface area contributed by atoms with Crippen LogP contribution in [0.4, 0.5) is 5.13 Å². The van der Waals surface area contributed by atoms with Crippen LogP contribution in [0, 0.1) is 0 Å². The van der Waals surface area contributed by atoms with Gasteiger partial charge in [-0.15, -0.1) is 0 Å². The van der Waals surface area contributed by atoms with E-state index < -0.39 is 5.97 Å². The van der Waals surface area contributed by atoms with Crippen molar-refractivity contribution < 1.29 is 18.7 Å². The average Bonchev–Trinajstić information content (AvgIpc) is 3.18. The maximum absolute atomic E-state index is 11.8. The highest BCUT2D eigenvalue weighted by molar-refractivity contribution is 7.22. The lowest BCUT2D eigenvalue weighted by Crippen LogP contribution is -2.53. The van der Waals surface area contributed by atoms with Crippen molar-refractivity contribution in [2.75, 3.05) is 25.1 Å². The van der Waals surface area contributed by atoms with Gasteiger partial charge in [-0.2, -0.15) is 0 Å². The van der Waals surface area contributed by atoms with Gasteiger partial charge in [0.2, 0.25) is 5.76 Å². The Balaban J connectivity index is 1.43. The number of benzene rings is 1. The van der Waals surface area contributed by atoms with Gasteiger partial charge in [0, 0.05) is 0 Å². The van der Waals surface area contributed by atoms with E-state index >= 15 is 0 Å². The molecule has 118 valence electrons. The van der Waals surface area contributed by atoms with Gasteiger partial charge in [0.15, 0.2) is 5.13 Å². The number of para-hydroxylation sites is 1. The first-order chi connectivity index (χ1) is 11.2. The van der Waals surface area contributed by atoms with Crippen molar-refractivity contribution in [1.29, 1.82) is 0 Å². The van der Waals surface area contributed by atoms with E-state index in [9.17, 15) is 4.79 Å². The van der Waals surface area contributed by atoms with Crippen molar-refractivity contribution in [3.63, 3.8) is 0 Å². The standard InChI is InChI=1S/C16H14N2O4S/c1-20-11-4-2-6-13-14(11)17-16(23-13)18-8-10(9-18)22-15(19)12-5-3-7-21-12/h2-7,10H,8-9H2,1H3. The molecular formula is C16H14N2O4S. The first kappa shape index (κ1) is 14.1. The molecule has 1 fully saturated rings. The zero-order valence-corrected chi connectivity index (χ0v) is 13.2. The number of nitrogens with zero attached hydrogens (tertiary/aromatic N) is 2. The lowest BCUT2D eigenvalue weighted by Gasteiger charge is -2.37. The van der Waals surface area contributed by atoms with Crippen molar-refractivity contribution in [3.8, 4) is 5.75 Å². The van der Waals surface area contributed by atoms with Crippen LogP contribution < -0.4 is 9.64 Å². The second kappa shape index (κ2) is 5.58. The van der Waals surface area contributed by atoms with E-state index in [4.69, 9.17) is 13.9 Å². The number of thiazole rings is 1. The minimum absolute atomic E-state index is 0.137. The third-order valence-corrected chi connectivity index (χ3v) is 4.79. The average molecular weight is 330 g/mol. The van der Waals surface area contributed by atoms with E-state index in [1.165, 1.54) is 6.26 Å². The summed E-state index contributed by atoms with van der Waals surface area (Å²) >= 11 is 1.61. The van der Waals surface area contributed by atoms with Crippen LogP contribution in [0.25, 0.3) is 10.2 Å². The molecule has 0 aliphatic carbocycles. The maximum Gasteiger partial charge on any atom is 0.374 e. The molecule has 1 aliphatic heterocycles. The van der Waals surface area contributed by atoms with Crippen LogP contribution >= 0.6 is 11.3 Å². The monoisotopic (exact) mass is 330 g/mol. The lowest BCUT2D eigenvalue weighted by molar-refractivity contribution is 0.0200. The zero-order valence-electron chi connectivity index (χ0n) is 12.4. The summed E-state index contributed by atoms with van der Waals surface area (Å²) in [4.78, 5) is 18.5. The Morgan fingerprint density at radius 2 is 2.22 bits per heavy atom. The molecule has 7 heteroatoms. The summed E-state index contributed by atoms with van der Waals surface area (Å²) in [5.74, 6) is 0.574. The molecule has 0 N–H and O–H groups in total. The smallest absolute Gasteiger partial charge is 0.374 e. The highest BCUT2D eigenvalue weighted by Gasteiger charge is 2.33. The zero-order chi connectivity index (χ0) is 15.8. The Morgan fingerprint density at radius 1 is 1.35 bits per heavy atom. The maximum atomic E-state index is 11.8. The predicted octanol–water partition coefficient (Wildman–Crippen LogP) is 2.94. The van der Waals surface area contributed by atoms with Gasteiger partial charge in [-0.25, -0.2) is 9.78 Å². The number of rotatable bonds is 4. The summed E-state index contributed by atoms with van der Waals surface area (Å²) in [6.45, 7) is 1.27. The van der Waals surface area contributed by atoms with Crippen LogP contribution in [-0.2, 0) is 4.74 Å². The topological polar surface area (TPSA) is 64.8 Å². The fourth-order valence-corrected chi connectivity index (χ4v) is 3.49. The number of hydrogen-bond acceptors (Lipinski definition) is 7. The van der Waals surface area contributed by atoms with Crippen LogP contribution in [0.15, 0.2) is 41.0 Å². The summed E-state index contributed by atoms with van der Waals surface area (Å²) in [5.41, 5.74) is 0.867. The Morgan fingerprint density at radius 3 is 2.96 bits per heavy atom. The Labute approximate surface area is 136 Å². The lowest BCUT2D eigenvalue weighted by atomic mass is 10.2. The quantitative estimate of drug-likeness (QED) is 0.685. The van der Waals surface area contributed by atoms with Gasteiger partial charge in [-0.1, -0.05) is 17.4 Å². The summed E-state index contributed by atoms with van der Waals surface area (Å²) in [5, 5.41) is 0.912. The van der Waals surface area contributed by atoms with Crippen molar-refractivity contribution in [2.24, 2.45) is 0 Å². The molecular weight excluding hydrogens is 316 g/mol. The number of carbonyl (C=O) groups excluding carboxylic acids is 1. The normalized spacial score (nSPS) is 14.7. The van der Waals surface area contributed by atoms with Gasteiger partial charge in [-0.3, -0.25) is 0 Å². The number of aromatic nitrogens is 1. The van der Waals surface area contributed by atoms with Crippen molar-refractivity contribution >= 4 is 32.7 Å². The van der Waals surface area contributed by atoms with Gasteiger partial charge < -0.3 is 18.8 Å². The highest BCUT2D eigenvalue weighted by atomic mass is 32.1.